The van der Waals surface area contributed by atoms with E-state index in [2.05, 4.69) is 27.5 Å². The van der Waals surface area contributed by atoms with Gasteiger partial charge in [0.15, 0.2) is 0 Å². The molecule has 2 N–H and O–H groups in total. The second-order valence-electron chi connectivity index (χ2n) is 5.32. The summed E-state index contributed by atoms with van der Waals surface area (Å²) < 4.78 is 0. The molecule has 0 aromatic carbocycles. The van der Waals surface area contributed by atoms with Crippen LogP contribution in [0.4, 0.5) is 11.6 Å². The van der Waals surface area contributed by atoms with E-state index in [9.17, 15) is 4.79 Å². The number of anilines is 2. The largest absolute Gasteiger partial charge is 0.370 e. The second kappa shape index (κ2) is 8.44. The molecule has 1 heterocycles. The van der Waals surface area contributed by atoms with Crippen LogP contribution in [0.5, 0.6) is 0 Å². The normalized spacial score (nSPS) is 10.6. The minimum atomic E-state index is 0.00572. The number of hydrogen-bond acceptors (Lipinski definition) is 5. The van der Waals surface area contributed by atoms with E-state index in [1.54, 1.807) is 0 Å². The van der Waals surface area contributed by atoms with Crippen LogP contribution < -0.4 is 15.5 Å². The van der Waals surface area contributed by atoms with E-state index >= 15 is 0 Å². The number of amides is 1. The third-order valence-corrected chi connectivity index (χ3v) is 2.87. The molecule has 0 saturated heterocycles. The van der Waals surface area contributed by atoms with Gasteiger partial charge in [0.2, 0.25) is 5.91 Å². The summed E-state index contributed by atoms with van der Waals surface area (Å²) >= 11 is 0. The third-order valence-electron chi connectivity index (χ3n) is 2.87. The second-order valence-corrected chi connectivity index (χ2v) is 5.32. The lowest BCUT2D eigenvalue weighted by atomic mass is 10.3. The maximum Gasteiger partial charge on any atom is 0.239 e. The molecular weight excluding hydrogens is 266 g/mol. The fraction of sp³-hybridized carbons (Fsp3) is 0.667. The van der Waals surface area contributed by atoms with Crippen LogP contribution in [0.15, 0.2) is 6.07 Å². The van der Waals surface area contributed by atoms with Crippen LogP contribution in [0.2, 0.25) is 0 Å². The molecule has 6 heteroatoms. The molecule has 0 radical (unpaired) electrons. The van der Waals surface area contributed by atoms with Crippen LogP contribution in [0.25, 0.3) is 0 Å². The summed E-state index contributed by atoms with van der Waals surface area (Å²) in [5.74, 6) is 2.30. The molecular formula is C15H27N5O. The summed E-state index contributed by atoms with van der Waals surface area (Å²) in [6.45, 7) is 11.8. The van der Waals surface area contributed by atoms with E-state index < -0.39 is 0 Å². The van der Waals surface area contributed by atoms with Gasteiger partial charge in [-0.3, -0.25) is 4.79 Å². The standard InChI is InChI=1S/C15H27N5O/c1-6-8-16-13-9-14(19-12(5)18-13)20(7-2)10-15(21)17-11(3)4/h9,11H,6-8,10H2,1-5H3,(H,17,21)(H,16,18,19). The SMILES string of the molecule is CCCNc1cc(N(CC)CC(=O)NC(C)C)nc(C)n1. The molecule has 0 unspecified atom stereocenters. The first kappa shape index (κ1) is 17.2. The zero-order valence-corrected chi connectivity index (χ0v) is 13.7. The molecule has 0 atom stereocenters. The van der Waals surface area contributed by atoms with Gasteiger partial charge in [0.25, 0.3) is 0 Å². The number of aromatic nitrogens is 2. The van der Waals surface area contributed by atoms with Crippen LogP contribution in [-0.2, 0) is 4.79 Å². The van der Waals surface area contributed by atoms with Gasteiger partial charge in [-0.2, -0.15) is 0 Å². The minimum absolute atomic E-state index is 0.00572. The highest BCUT2D eigenvalue weighted by molar-refractivity contribution is 5.81. The Morgan fingerprint density at radius 1 is 1.33 bits per heavy atom. The lowest BCUT2D eigenvalue weighted by Gasteiger charge is -2.23. The number of carbonyl (C=O) groups excluding carboxylic acids is 1. The zero-order valence-electron chi connectivity index (χ0n) is 13.7. The molecule has 0 aliphatic carbocycles. The Morgan fingerprint density at radius 2 is 2.05 bits per heavy atom. The van der Waals surface area contributed by atoms with Crippen molar-refractivity contribution in [2.24, 2.45) is 0 Å². The highest BCUT2D eigenvalue weighted by Crippen LogP contribution is 2.15. The minimum Gasteiger partial charge on any atom is -0.370 e. The molecule has 1 amide bonds. The average molecular weight is 293 g/mol. The van der Waals surface area contributed by atoms with Gasteiger partial charge in [-0.15, -0.1) is 0 Å². The molecule has 21 heavy (non-hydrogen) atoms. The van der Waals surface area contributed by atoms with Crippen LogP contribution in [-0.4, -0.2) is 41.6 Å². The first-order valence-electron chi connectivity index (χ1n) is 7.60. The van der Waals surface area contributed by atoms with Crippen molar-refractivity contribution >= 4 is 17.5 Å². The first-order valence-corrected chi connectivity index (χ1v) is 7.60. The maximum absolute atomic E-state index is 11.9. The van der Waals surface area contributed by atoms with Crippen molar-refractivity contribution in [2.45, 2.75) is 47.1 Å². The Kier molecular flexibility index (Phi) is 6.91. The van der Waals surface area contributed by atoms with Gasteiger partial charge in [-0.25, -0.2) is 9.97 Å². The number of nitrogens with zero attached hydrogens (tertiary/aromatic N) is 3. The van der Waals surface area contributed by atoms with Gasteiger partial charge in [-0.1, -0.05) is 6.92 Å². The van der Waals surface area contributed by atoms with Crippen molar-refractivity contribution in [3.05, 3.63) is 11.9 Å². The highest BCUT2D eigenvalue weighted by Gasteiger charge is 2.13. The summed E-state index contributed by atoms with van der Waals surface area (Å²) in [6, 6.07) is 2.04. The number of rotatable bonds is 8. The number of aryl methyl sites for hydroxylation is 1. The van der Waals surface area contributed by atoms with Crippen molar-refractivity contribution in [1.29, 1.82) is 0 Å². The summed E-state index contributed by atoms with van der Waals surface area (Å²) in [5, 5.41) is 6.16. The molecule has 0 aliphatic heterocycles. The molecule has 0 aliphatic rings. The third kappa shape index (κ3) is 5.97. The van der Waals surface area contributed by atoms with Gasteiger partial charge in [0.1, 0.15) is 17.5 Å². The fourth-order valence-corrected chi connectivity index (χ4v) is 1.95. The molecule has 1 aromatic heterocycles. The molecule has 6 nitrogen and oxygen atoms in total. The Labute approximate surface area is 127 Å². The summed E-state index contributed by atoms with van der Waals surface area (Å²) in [4.78, 5) is 22.7. The van der Waals surface area contributed by atoms with Crippen molar-refractivity contribution in [3.8, 4) is 0 Å². The predicted octanol–water partition coefficient (Wildman–Crippen LogP) is 1.96. The van der Waals surface area contributed by atoms with Gasteiger partial charge in [0.05, 0.1) is 6.54 Å². The van der Waals surface area contributed by atoms with Crippen molar-refractivity contribution < 1.29 is 4.79 Å². The Morgan fingerprint density at radius 3 is 2.62 bits per heavy atom. The molecule has 1 rings (SSSR count). The van der Waals surface area contributed by atoms with Crippen LogP contribution in [0, 0.1) is 6.92 Å². The fourth-order valence-electron chi connectivity index (χ4n) is 1.95. The number of carbonyl (C=O) groups is 1. The van der Waals surface area contributed by atoms with Crippen LogP contribution in [0.1, 0.15) is 39.9 Å². The van der Waals surface area contributed by atoms with Gasteiger partial charge >= 0.3 is 0 Å². The lowest BCUT2D eigenvalue weighted by Crippen LogP contribution is -2.40. The maximum atomic E-state index is 11.9. The Hall–Kier alpha value is -1.85. The molecule has 1 aromatic rings. The Bertz CT molecular complexity index is 461. The summed E-state index contributed by atoms with van der Waals surface area (Å²) in [7, 11) is 0. The summed E-state index contributed by atoms with van der Waals surface area (Å²) in [6.07, 6.45) is 1.03. The van der Waals surface area contributed by atoms with Crippen molar-refractivity contribution in [2.75, 3.05) is 29.9 Å². The predicted molar refractivity (Wildman–Crippen MR) is 86.7 cm³/mol. The van der Waals surface area contributed by atoms with E-state index in [4.69, 9.17) is 0 Å². The zero-order chi connectivity index (χ0) is 15.8. The van der Waals surface area contributed by atoms with Gasteiger partial charge in [0, 0.05) is 25.2 Å². The van der Waals surface area contributed by atoms with E-state index in [0.717, 1.165) is 31.1 Å². The molecule has 0 fully saturated rings. The molecule has 0 saturated carbocycles. The first-order chi connectivity index (χ1) is 9.96. The number of hydrogen-bond donors (Lipinski definition) is 2. The molecule has 0 spiro atoms. The van der Waals surface area contributed by atoms with Crippen molar-refractivity contribution in [3.63, 3.8) is 0 Å². The topological polar surface area (TPSA) is 70.2 Å². The van der Waals surface area contributed by atoms with E-state index in [0.29, 0.717) is 12.4 Å². The quantitative estimate of drug-likeness (QED) is 0.766. The number of likely N-dealkylation sites (N-methyl/N-ethyl adjacent to an activating group) is 1. The Balaban J connectivity index is 2.84. The molecule has 118 valence electrons. The summed E-state index contributed by atoms with van der Waals surface area (Å²) in [5.41, 5.74) is 0. The van der Waals surface area contributed by atoms with Crippen molar-refractivity contribution in [1.82, 2.24) is 15.3 Å². The monoisotopic (exact) mass is 293 g/mol. The lowest BCUT2D eigenvalue weighted by molar-refractivity contribution is -0.120. The van der Waals surface area contributed by atoms with E-state index in [1.165, 1.54) is 0 Å². The van der Waals surface area contributed by atoms with E-state index in [-0.39, 0.29) is 11.9 Å². The average Bonchev–Trinajstić information content (AvgIpc) is 2.41. The molecule has 0 bridgehead atoms. The van der Waals surface area contributed by atoms with Gasteiger partial charge in [-0.05, 0) is 34.1 Å². The smallest absolute Gasteiger partial charge is 0.239 e. The number of nitrogens with one attached hydrogen (secondary N) is 2. The highest BCUT2D eigenvalue weighted by atomic mass is 16.2. The van der Waals surface area contributed by atoms with Gasteiger partial charge < -0.3 is 15.5 Å². The van der Waals surface area contributed by atoms with Crippen LogP contribution in [0.3, 0.4) is 0 Å². The van der Waals surface area contributed by atoms with E-state index in [1.807, 2.05) is 38.7 Å². The van der Waals surface area contributed by atoms with Crippen LogP contribution >= 0.6 is 0 Å².